The number of benzene rings is 2. The molecule has 2 aliphatic heterocycles. The molecule has 2 aliphatic rings. The first-order chi connectivity index (χ1) is 15.6. The standard InChI is InChI=1S/C25H31N3O4/c1-3-26(4-2)25(30)23(19-10-6-5-7-11-19)27-14-16-28(17-15-27)24(29)22-18-31-20-12-8-9-13-21(20)32-22/h5-13,22-23H,3-4,14-18H2,1-2H3/t22-,23+/m1/s1. The third-order valence-corrected chi connectivity index (χ3v) is 6.20. The van der Waals surface area contributed by atoms with Gasteiger partial charge in [0.25, 0.3) is 5.91 Å². The fraction of sp³-hybridized carbons (Fsp3) is 0.440. The lowest BCUT2D eigenvalue weighted by molar-refractivity contribution is -0.144. The van der Waals surface area contributed by atoms with Crippen molar-refractivity contribution in [3.63, 3.8) is 0 Å². The molecule has 0 N–H and O–H groups in total. The molecule has 170 valence electrons. The minimum absolute atomic E-state index is 0.0644. The largest absolute Gasteiger partial charge is 0.485 e. The molecular formula is C25H31N3O4. The predicted octanol–water partition coefficient (Wildman–Crippen LogP) is 2.58. The van der Waals surface area contributed by atoms with Gasteiger partial charge in [-0.2, -0.15) is 0 Å². The molecule has 2 heterocycles. The number of hydrogen-bond donors (Lipinski definition) is 0. The van der Waals surface area contributed by atoms with Crippen LogP contribution in [0, 0.1) is 0 Å². The molecule has 2 amide bonds. The number of para-hydroxylation sites is 2. The zero-order valence-corrected chi connectivity index (χ0v) is 18.8. The predicted molar refractivity (Wildman–Crippen MR) is 122 cm³/mol. The Morgan fingerprint density at radius 2 is 1.56 bits per heavy atom. The lowest BCUT2D eigenvalue weighted by Gasteiger charge is -2.41. The normalized spacial score (nSPS) is 19.3. The summed E-state index contributed by atoms with van der Waals surface area (Å²) in [6.07, 6.45) is -0.640. The molecule has 1 saturated heterocycles. The molecule has 0 spiro atoms. The number of rotatable bonds is 6. The summed E-state index contributed by atoms with van der Waals surface area (Å²) in [6.45, 7) is 7.93. The Hall–Kier alpha value is -3.06. The monoisotopic (exact) mass is 437 g/mol. The van der Waals surface area contributed by atoms with Crippen molar-refractivity contribution in [3.8, 4) is 11.5 Å². The van der Waals surface area contributed by atoms with Crippen molar-refractivity contribution >= 4 is 11.8 Å². The molecule has 7 heteroatoms. The molecule has 0 unspecified atom stereocenters. The number of fused-ring (bicyclic) bond motifs is 1. The number of hydrogen-bond acceptors (Lipinski definition) is 5. The fourth-order valence-electron chi connectivity index (χ4n) is 4.40. The van der Waals surface area contributed by atoms with Crippen molar-refractivity contribution in [2.75, 3.05) is 45.9 Å². The molecule has 0 radical (unpaired) electrons. The van der Waals surface area contributed by atoms with Gasteiger partial charge in [0.1, 0.15) is 12.6 Å². The summed E-state index contributed by atoms with van der Waals surface area (Å²) in [4.78, 5) is 32.3. The van der Waals surface area contributed by atoms with E-state index >= 15 is 0 Å². The zero-order chi connectivity index (χ0) is 22.5. The van der Waals surface area contributed by atoms with E-state index in [1.807, 2.05) is 78.2 Å². The summed E-state index contributed by atoms with van der Waals surface area (Å²) >= 11 is 0. The second kappa shape index (κ2) is 10.0. The fourth-order valence-corrected chi connectivity index (χ4v) is 4.40. The average molecular weight is 438 g/mol. The lowest BCUT2D eigenvalue weighted by Crippen LogP contribution is -2.56. The number of piperazine rings is 1. The van der Waals surface area contributed by atoms with E-state index in [9.17, 15) is 9.59 Å². The minimum Gasteiger partial charge on any atom is -0.485 e. The van der Waals surface area contributed by atoms with Gasteiger partial charge in [-0.25, -0.2) is 0 Å². The van der Waals surface area contributed by atoms with Gasteiger partial charge in [-0.1, -0.05) is 42.5 Å². The van der Waals surface area contributed by atoms with Gasteiger partial charge in [0.05, 0.1) is 0 Å². The maximum atomic E-state index is 13.4. The van der Waals surface area contributed by atoms with Gasteiger partial charge in [-0.05, 0) is 31.5 Å². The summed E-state index contributed by atoms with van der Waals surface area (Å²) in [5.74, 6) is 1.32. The summed E-state index contributed by atoms with van der Waals surface area (Å²) < 4.78 is 11.6. The number of amides is 2. The Balaban J connectivity index is 1.43. The third-order valence-electron chi connectivity index (χ3n) is 6.20. The maximum Gasteiger partial charge on any atom is 0.267 e. The molecule has 1 fully saturated rings. The van der Waals surface area contributed by atoms with Gasteiger partial charge in [-0.3, -0.25) is 14.5 Å². The second-order valence-electron chi connectivity index (χ2n) is 8.05. The van der Waals surface area contributed by atoms with Crippen LogP contribution in [-0.2, 0) is 9.59 Å². The van der Waals surface area contributed by atoms with Gasteiger partial charge >= 0.3 is 0 Å². The maximum absolute atomic E-state index is 13.4. The Morgan fingerprint density at radius 3 is 2.22 bits per heavy atom. The highest BCUT2D eigenvalue weighted by atomic mass is 16.6. The quantitative estimate of drug-likeness (QED) is 0.695. The van der Waals surface area contributed by atoms with E-state index in [1.165, 1.54) is 0 Å². The molecule has 7 nitrogen and oxygen atoms in total. The lowest BCUT2D eigenvalue weighted by atomic mass is 10.0. The van der Waals surface area contributed by atoms with Crippen molar-refractivity contribution < 1.29 is 19.1 Å². The average Bonchev–Trinajstić information content (AvgIpc) is 2.85. The Morgan fingerprint density at radius 1 is 0.938 bits per heavy atom. The van der Waals surface area contributed by atoms with E-state index in [2.05, 4.69) is 4.90 Å². The highest BCUT2D eigenvalue weighted by Gasteiger charge is 2.36. The first-order valence-corrected chi connectivity index (χ1v) is 11.4. The molecule has 2 aromatic carbocycles. The van der Waals surface area contributed by atoms with E-state index in [-0.39, 0.29) is 24.5 Å². The number of ether oxygens (including phenoxy) is 2. The van der Waals surface area contributed by atoms with Crippen LogP contribution in [0.4, 0.5) is 0 Å². The number of carbonyl (C=O) groups excluding carboxylic acids is 2. The Bertz CT molecular complexity index is 924. The van der Waals surface area contributed by atoms with Crippen LogP contribution < -0.4 is 9.47 Å². The van der Waals surface area contributed by atoms with Crippen LogP contribution in [0.3, 0.4) is 0 Å². The molecule has 0 aromatic heterocycles. The summed E-state index contributed by atoms with van der Waals surface area (Å²) in [5.41, 5.74) is 0.991. The van der Waals surface area contributed by atoms with E-state index < -0.39 is 6.10 Å². The van der Waals surface area contributed by atoms with Gasteiger partial charge < -0.3 is 19.3 Å². The van der Waals surface area contributed by atoms with Gasteiger partial charge in [0.2, 0.25) is 12.0 Å². The highest BCUT2D eigenvalue weighted by molar-refractivity contribution is 5.84. The number of nitrogens with zero attached hydrogens (tertiary/aromatic N) is 3. The molecular weight excluding hydrogens is 406 g/mol. The van der Waals surface area contributed by atoms with Crippen LogP contribution in [0.1, 0.15) is 25.5 Å². The van der Waals surface area contributed by atoms with Crippen molar-refractivity contribution in [2.24, 2.45) is 0 Å². The first-order valence-electron chi connectivity index (χ1n) is 11.4. The molecule has 0 saturated carbocycles. The molecule has 0 bridgehead atoms. The second-order valence-corrected chi connectivity index (χ2v) is 8.05. The molecule has 0 aliphatic carbocycles. The Kier molecular flexibility index (Phi) is 6.95. The minimum atomic E-state index is -0.640. The van der Waals surface area contributed by atoms with E-state index in [0.29, 0.717) is 50.8 Å². The topological polar surface area (TPSA) is 62.3 Å². The third kappa shape index (κ3) is 4.58. The summed E-state index contributed by atoms with van der Waals surface area (Å²) in [7, 11) is 0. The SMILES string of the molecule is CCN(CC)C(=O)[C@H](c1ccccc1)N1CCN(C(=O)[C@H]2COc3ccccc3O2)CC1. The van der Waals surface area contributed by atoms with Crippen LogP contribution >= 0.6 is 0 Å². The molecule has 2 atom stereocenters. The van der Waals surface area contributed by atoms with Crippen LogP contribution in [0.25, 0.3) is 0 Å². The first kappa shape index (κ1) is 22.1. The Labute approximate surface area is 189 Å². The summed E-state index contributed by atoms with van der Waals surface area (Å²) in [6, 6.07) is 17.0. The van der Waals surface area contributed by atoms with E-state index in [0.717, 1.165) is 5.56 Å². The zero-order valence-electron chi connectivity index (χ0n) is 18.8. The van der Waals surface area contributed by atoms with Gasteiger partial charge in [0, 0.05) is 39.3 Å². The van der Waals surface area contributed by atoms with Crippen molar-refractivity contribution in [1.29, 1.82) is 0 Å². The number of likely N-dealkylation sites (N-methyl/N-ethyl adjacent to an activating group) is 1. The molecule has 4 rings (SSSR count). The highest BCUT2D eigenvalue weighted by Crippen LogP contribution is 2.31. The molecule has 32 heavy (non-hydrogen) atoms. The van der Waals surface area contributed by atoms with Gasteiger partial charge in [-0.15, -0.1) is 0 Å². The van der Waals surface area contributed by atoms with E-state index in [4.69, 9.17) is 9.47 Å². The van der Waals surface area contributed by atoms with E-state index in [1.54, 1.807) is 0 Å². The summed E-state index contributed by atoms with van der Waals surface area (Å²) in [5, 5.41) is 0. The van der Waals surface area contributed by atoms with Crippen LogP contribution in [0.15, 0.2) is 54.6 Å². The van der Waals surface area contributed by atoms with Crippen molar-refractivity contribution in [3.05, 3.63) is 60.2 Å². The van der Waals surface area contributed by atoms with Crippen molar-refractivity contribution in [1.82, 2.24) is 14.7 Å². The number of carbonyl (C=O) groups is 2. The molecule has 2 aromatic rings. The van der Waals surface area contributed by atoms with Crippen LogP contribution in [0.5, 0.6) is 11.5 Å². The van der Waals surface area contributed by atoms with Crippen LogP contribution in [-0.4, -0.2) is 78.5 Å². The van der Waals surface area contributed by atoms with Crippen molar-refractivity contribution in [2.45, 2.75) is 26.0 Å². The van der Waals surface area contributed by atoms with Crippen LogP contribution in [0.2, 0.25) is 0 Å². The van der Waals surface area contributed by atoms with Gasteiger partial charge in [0.15, 0.2) is 11.5 Å². The smallest absolute Gasteiger partial charge is 0.267 e.